The lowest BCUT2D eigenvalue weighted by molar-refractivity contribution is -0.143. The van der Waals surface area contributed by atoms with Crippen LogP contribution in [0, 0.1) is 0 Å². The average Bonchev–Trinajstić information content (AvgIpc) is 2.16. The van der Waals surface area contributed by atoms with Gasteiger partial charge in [-0.1, -0.05) is 0 Å². The number of carbonyl (C=O) groups is 2. The summed E-state index contributed by atoms with van der Waals surface area (Å²) < 4.78 is 0. The number of carbonyl (C=O) groups excluding carboxylic acids is 1. The van der Waals surface area contributed by atoms with E-state index in [2.05, 4.69) is 9.98 Å². The summed E-state index contributed by atoms with van der Waals surface area (Å²) in [5, 5.41) is 8.86. The lowest BCUT2D eigenvalue weighted by atomic mass is 10.1. The molecule has 6 nitrogen and oxygen atoms in total. The first-order valence-corrected chi connectivity index (χ1v) is 4.02. The fourth-order valence-corrected chi connectivity index (χ4v) is 1.33. The summed E-state index contributed by atoms with van der Waals surface area (Å²) in [6.07, 6.45) is 4.51. The monoisotopic (exact) mass is 193 g/mol. The van der Waals surface area contributed by atoms with Crippen LogP contribution in [0.4, 0.5) is 0 Å². The third-order valence-corrected chi connectivity index (χ3v) is 1.97. The fraction of sp³-hybridized carbons (Fsp3) is 0.250. The van der Waals surface area contributed by atoms with E-state index in [9.17, 15) is 9.59 Å². The number of amides is 1. The van der Waals surface area contributed by atoms with Crippen LogP contribution >= 0.6 is 0 Å². The molecule has 0 fully saturated rings. The van der Waals surface area contributed by atoms with Gasteiger partial charge in [0.25, 0.3) is 5.91 Å². The molecule has 1 amide bonds. The third-order valence-electron chi connectivity index (χ3n) is 1.97. The van der Waals surface area contributed by atoms with Crippen molar-refractivity contribution in [1.29, 1.82) is 0 Å². The lowest BCUT2D eigenvalue weighted by Crippen LogP contribution is -2.46. The van der Waals surface area contributed by atoms with E-state index in [-0.39, 0.29) is 12.4 Å². The van der Waals surface area contributed by atoms with E-state index >= 15 is 0 Å². The summed E-state index contributed by atoms with van der Waals surface area (Å²) in [5.41, 5.74) is 0. The summed E-state index contributed by atoms with van der Waals surface area (Å²) in [4.78, 5) is 30.7. The normalized spacial score (nSPS) is 24.6. The predicted octanol–water partition coefficient (Wildman–Crippen LogP) is -0.374. The molecular formula is C8H7N3O3. The maximum atomic E-state index is 11.1. The minimum Gasteiger partial charge on any atom is -0.480 e. The molecule has 1 unspecified atom stereocenters. The SMILES string of the molecule is O=C1CC(C(=O)O)N2C=CC=NC2=N1. The molecule has 0 bridgehead atoms. The van der Waals surface area contributed by atoms with Crippen molar-refractivity contribution in [3.63, 3.8) is 0 Å². The molecule has 1 N–H and O–H groups in total. The first-order chi connectivity index (χ1) is 6.68. The Hall–Kier alpha value is -1.98. The van der Waals surface area contributed by atoms with Gasteiger partial charge in [0.15, 0.2) is 0 Å². The molecule has 2 aliphatic heterocycles. The Morgan fingerprint density at radius 1 is 1.64 bits per heavy atom. The summed E-state index contributed by atoms with van der Waals surface area (Å²) in [5.74, 6) is -1.35. The van der Waals surface area contributed by atoms with Gasteiger partial charge in [0, 0.05) is 12.4 Å². The van der Waals surface area contributed by atoms with Crippen LogP contribution < -0.4 is 0 Å². The summed E-state index contributed by atoms with van der Waals surface area (Å²) >= 11 is 0. The first kappa shape index (κ1) is 8.61. The molecule has 0 radical (unpaired) electrons. The van der Waals surface area contributed by atoms with Crippen LogP contribution in [0.3, 0.4) is 0 Å². The molecule has 1 atom stereocenters. The van der Waals surface area contributed by atoms with Gasteiger partial charge in [-0.05, 0) is 6.08 Å². The number of aliphatic imine (C=N–C) groups is 2. The van der Waals surface area contributed by atoms with Crippen LogP contribution in [0.1, 0.15) is 6.42 Å². The molecule has 0 aliphatic carbocycles. The number of guanidine groups is 1. The van der Waals surface area contributed by atoms with Gasteiger partial charge in [-0.2, -0.15) is 4.99 Å². The second-order valence-corrected chi connectivity index (χ2v) is 2.89. The molecule has 0 saturated heterocycles. The quantitative estimate of drug-likeness (QED) is 0.615. The van der Waals surface area contributed by atoms with Gasteiger partial charge in [-0.3, -0.25) is 4.79 Å². The maximum absolute atomic E-state index is 11.1. The zero-order chi connectivity index (χ0) is 10.1. The van der Waals surface area contributed by atoms with E-state index in [4.69, 9.17) is 5.11 Å². The highest BCUT2D eigenvalue weighted by molar-refractivity contribution is 6.05. The van der Waals surface area contributed by atoms with Gasteiger partial charge in [0.1, 0.15) is 6.04 Å². The molecule has 14 heavy (non-hydrogen) atoms. The number of allylic oxidation sites excluding steroid dienone is 1. The number of carboxylic acids is 1. The van der Waals surface area contributed by atoms with E-state index in [1.165, 1.54) is 11.1 Å². The van der Waals surface area contributed by atoms with Gasteiger partial charge in [0.2, 0.25) is 5.96 Å². The fourth-order valence-electron chi connectivity index (χ4n) is 1.33. The molecule has 2 heterocycles. The van der Waals surface area contributed by atoms with E-state index in [1.54, 1.807) is 12.3 Å². The molecule has 0 aromatic heterocycles. The zero-order valence-corrected chi connectivity index (χ0v) is 7.12. The minimum absolute atomic E-state index is 0.112. The maximum Gasteiger partial charge on any atom is 0.327 e. The number of fused-ring (bicyclic) bond motifs is 1. The lowest BCUT2D eigenvalue weighted by Gasteiger charge is -2.29. The Morgan fingerprint density at radius 3 is 3.14 bits per heavy atom. The highest BCUT2D eigenvalue weighted by Crippen LogP contribution is 2.16. The molecule has 6 heteroatoms. The largest absolute Gasteiger partial charge is 0.480 e. The van der Waals surface area contributed by atoms with E-state index in [1.807, 2.05) is 0 Å². The molecule has 0 aromatic rings. The Morgan fingerprint density at radius 2 is 2.43 bits per heavy atom. The highest BCUT2D eigenvalue weighted by atomic mass is 16.4. The smallest absolute Gasteiger partial charge is 0.327 e. The second-order valence-electron chi connectivity index (χ2n) is 2.89. The molecule has 0 aromatic carbocycles. The van der Waals surface area contributed by atoms with Gasteiger partial charge in [0.05, 0.1) is 6.42 Å². The number of rotatable bonds is 1. The van der Waals surface area contributed by atoms with Crippen molar-refractivity contribution in [3.8, 4) is 0 Å². The van der Waals surface area contributed by atoms with Crippen LogP contribution in [-0.4, -0.2) is 40.1 Å². The van der Waals surface area contributed by atoms with Gasteiger partial charge in [-0.25, -0.2) is 9.79 Å². The summed E-state index contributed by atoms with van der Waals surface area (Å²) in [6.45, 7) is 0. The van der Waals surface area contributed by atoms with Crippen molar-refractivity contribution < 1.29 is 14.7 Å². The van der Waals surface area contributed by atoms with E-state index in [0.29, 0.717) is 0 Å². The summed E-state index contributed by atoms with van der Waals surface area (Å²) in [7, 11) is 0. The standard InChI is InChI=1S/C8H7N3O3/c12-6-4-5(7(13)14)11-3-1-2-9-8(11)10-6/h1-3,5H,4H2,(H,13,14). The van der Waals surface area contributed by atoms with Crippen molar-refractivity contribution in [3.05, 3.63) is 12.3 Å². The molecule has 2 aliphatic rings. The van der Waals surface area contributed by atoms with Crippen LogP contribution in [0.15, 0.2) is 22.3 Å². The molecular weight excluding hydrogens is 186 g/mol. The molecule has 2 rings (SSSR count). The van der Waals surface area contributed by atoms with Crippen molar-refractivity contribution in [2.75, 3.05) is 0 Å². The van der Waals surface area contributed by atoms with E-state index in [0.717, 1.165) is 0 Å². The predicted molar refractivity (Wildman–Crippen MR) is 48.0 cm³/mol. The number of aliphatic carboxylic acids is 1. The number of nitrogens with zero attached hydrogens (tertiary/aromatic N) is 3. The van der Waals surface area contributed by atoms with Crippen molar-refractivity contribution >= 4 is 24.1 Å². The number of carboxylic acid groups (broad SMARTS) is 1. The molecule has 0 spiro atoms. The van der Waals surface area contributed by atoms with Crippen molar-refractivity contribution in [1.82, 2.24) is 4.90 Å². The second kappa shape index (κ2) is 3.06. The Bertz CT molecular complexity index is 383. The minimum atomic E-state index is -1.05. The van der Waals surface area contributed by atoms with Crippen LogP contribution in [0.5, 0.6) is 0 Å². The van der Waals surface area contributed by atoms with Crippen molar-refractivity contribution in [2.45, 2.75) is 12.5 Å². The Labute approximate surface area is 79.3 Å². The number of hydrogen-bond donors (Lipinski definition) is 1. The third kappa shape index (κ3) is 1.30. The van der Waals surface area contributed by atoms with E-state index < -0.39 is 17.9 Å². The zero-order valence-electron chi connectivity index (χ0n) is 7.12. The first-order valence-electron chi connectivity index (χ1n) is 4.02. The highest BCUT2D eigenvalue weighted by Gasteiger charge is 2.33. The van der Waals surface area contributed by atoms with Gasteiger partial charge >= 0.3 is 5.97 Å². The van der Waals surface area contributed by atoms with Crippen molar-refractivity contribution in [2.24, 2.45) is 9.98 Å². The molecule has 72 valence electrons. The Kier molecular flexibility index (Phi) is 1.88. The van der Waals surface area contributed by atoms with Gasteiger partial charge < -0.3 is 10.0 Å². The van der Waals surface area contributed by atoms with Gasteiger partial charge in [-0.15, -0.1) is 0 Å². The Balaban J connectivity index is 2.38. The van der Waals surface area contributed by atoms with Crippen LogP contribution in [0.2, 0.25) is 0 Å². The van der Waals surface area contributed by atoms with Crippen LogP contribution in [-0.2, 0) is 9.59 Å². The average molecular weight is 193 g/mol. The molecule has 0 saturated carbocycles. The van der Waals surface area contributed by atoms with Crippen LogP contribution in [0.25, 0.3) is 0 Å². The number of hydrogen-bond acceptors (Lipinski definition) is 4. The topological polar surface area (TPSA) is 82.3 Å². The summed E-state index contributed by atoms with van der Waals surface area (Å²) in [6, 6.07) is -0.885.